The Morgan fingerprint density at radius 1 is 1.24 bits per heavy atom. The molecule has 41 heavy (non-hydrogen) atoms. The van der Waals surface area contributed by atoms with E-state index in [1.54, 1.807) is 6.08 Å². The number of rotatable bonds is 9. The Hall–Kier alpha value is -3.68. The quantitative estimate of drug-likeness (QED) is 0.203. The Balaban J connectivity index is 1.27. The summed E-state index contributed by atoms with van der Waals surface area (Å²) >= 11 is 0. The van der Waals surface area contributed by atoms with Crippen LogP contribution in [-0.4, -0.2) is 96.3 Å². The third kappa shape index (κ3) is 4.61. The molecule has 0 saturated carbocycles. The van der Waals surface area contributed by atoms with Crippen molar-refractivity contribution in [1.29, 1.82) is 0 Å². The Labute approximate surface area is 236 Å². The van der Waals surface area contributed by atoms with Gasteiger partial charge in [0.25, 0.3) is 12.2 Å². The fourth-order valence-electron chi connectivity index (χ4n) is 6.72. The smallest absolute Gasteiger partial charge is 0.381 e. The third-order valence-electron chi connectivity index (χ3n) is 8.56. The molecule has 5 rings (SSSR count). The first-order chi connectivity index (χ1) is 19.4. The van der Waals surface area contributed by atoms with E-state index in [0.717, 1.165) is 18.1 Å². The van der Waals surface area contributed by atoms with Crippen molar-refractivity contribution in [3.63, 3.8) is 0 Å². The summed E-state index contributed by atoms with van der Waals surface area (Å²) in [5, 5.41) is 24.9. The maximum absolute atomic E-state index is 12.8. The second kappa shape index (κ2) is 10.6. The van der Waals surface area contributed by atoms with Crippen LogP contribution >= 0.6 is 0 Å². The minimum atomic E-state index is -2.23. The van der Waals surface area contributed by atoms with E-state index >= 15 is 0 Å². The van der Waals surface area contributed by atoms with Gasteiger partial charge in [-0.1, -0.05) is 6.07 Å². The number of benzene rings is 1. The molecule has 0 aromatic heterocycles. The number of aliphatic hydroxyl groups is 2. The minimum absolute atomic E-state index is 0.107. The molecule has 2 aliphatic heterocycles. The van der Waals surface area contributed by atoms with Crippen LogP contribution in [0.25, 0.3) is 0 Å². The lowest BCUT2D eigenvalue weighted by molar-refractivity contribution is -0.193. The van der Waals surface area contributed by atoms with Crippen molar-refractivity contribution >= 4 is 23.8 Å². The standard InChI is InChI=1S/C28H34N2O11/c1-14(38-15(2)31)24(33)29-11-8-20(32)40-26(35)25(34)39-18-7-9-28(36)19-13-16-5-6-17(37-4)22-21(16)27(28,23(18)41-22)10-12-30(19)3/h5-7,14,19,23,26,35-36H,8-13H2,1-4H3,(H,29,33)/t14-,19+,23-,26+,27-,28+/m0/s1. The Bertz CT molecular complexity index is 1310. The molecular weight excluding hydrogens is 540 g/mol. The first kappa shape index (κ1) is 28.8. The number of likely N-dealkylation sites (tertiary alicyclic amines) is 1. The number of carbonyl (C=O) groups is 4. The molecule has 222 valence electrons. The first-order valence-electron chi connectivity index (χ1n) is 13.5. The molecule has 13 nitrogen and oxygen atoms in total. The van der Waals surface area contributed by atoms with Crippen LogP contribution in [0.1, 0.15) is 44.2 Å². The number of piperidine rings is 1. The lowest BCUT2D eigenvalue weighted by Gasteiger charge is -2.61. The van der Waals surface area contributed by atoms with E-state index < -0.39 is 53.3 Å². The summed E-state index contributed by atoms with van der Waals surface area (Å²) in [6.07, 6.45) is -1.59. The van der Waals surface area contributed by atoms with E-state index in [1.165, 1.54) is 14.0 Å². The highest BCUT2D eigenvalue weighted by molar-refractivity contribution is 5.83. The van der Waals surface area contributed by atoms with Crippen LogP contribution in [-0.2, 0) is 45.2 Å². The molecule has 1 fully saturated rings. The van der Waals surface area contributed by atoms with Crippen molar-refractivity contribution < 1.29 is 53.1 Å². The van der Waals surface area contributed by atoms with Crippen LogP contribution in [0.4, 0.5) is 0 Å². The van der Waals surface area contributed by atoms with E-state index in [0.29, 0.717) is 30.9 Å². The van der Waals surface area contributed by atoms with Crippen molar-refractivity contribution in [1.82, 2.24) is 10.2 Å². The summed E-state index contributed by atoms with van der Waals surface area (Å²) in [5.74, 6) is -2.34. The highest BCUT2D eigenvalue weighted by Gasteiger charge is 2.72. The second-order valence-electron chi connectivity index (χ2n) is 10.8. The van der Waals surface area contributed by atoms with Crippen molar-refractivity contribution in [2.75, 3.05) is 27.2 Å². The maximum atomic E-state index is 12.8. The van der Waals surface area contributed by atoms with Gasteiger partial charge in [-0.05, 0) is 51.1 Å². The second-order valence-corrected chi connectivity index (χ2v) is 10.8. The van der Waals surface area contributed by atoms with Crippen LogP contribution in [0.5, 0.6) is 11.5 Å². The van der Waals surface area contributed by atoms with Crippen LogP contribution in [0.2, 0.25) is 0 Å². The van der Waals surface area contributed by atoms with E-state index in [-0.39, 0.29) is 31.2 Å². The number of amides is 1. The van der Waals surface area contributed by atoms with Crippen molar-refractivity contribution in [3.05, 3.63) is 35.1 Å². The summed E-state index contributed by atoms with van der Waals surface area (Å²) in [7, 11) is 3.51. The third-order valence-corrected chi connectivity index (χ3v) is 8.56. The molecule has 2 bridgehead atoms. The number of nitrogens with zero attached hydrogens (tertiary/aromatic N) is 1. The monoisotopic (exact) mass is 574 g/mol. The predicted octanol–water partition coefficient (Wildman–Crippen LogP) is -0.164. The van der Waals surface area contributed by atoms with Crippen LogP contribution in [0.3, 0.4) is 0 Å². The zero-order valence-electron chi connectivity index (χ0n) is 23.3. The zero-order valence-corrected chi connectivity index (χ0v) is 23.3. The number of likely N-dealkylation sites (N-methyl/N-ethyl adjacent to an activating group) is 1. The SMILES string of the molecule is COc1ccc2c3c1O[C@H]1C(OC(=O)[C@H](O)OC(=O)CCNC(=O)[C@H](C)OC(C)=O)=CC[C@@]4(O)[C@@H](C2)N(C)CC[C@]314. The van der Waals surface area contributed by atoms with Gasteiger partial charge >= 0.3 is 17.9 Å². The zero-order chi connectivity index (χ0) is 29.7. The average Bonchev–Trinajstić information content (AvgIpc) is 3.27. The topological polar surface area (TPSA) is 170 Å². The molecule has 3 N–H and O–H groups in total. The highest BCUT2D eigenvalue weighted by atomic mass is 16.7. The Morgan fingerprint density at radius 3 is 2.71 bits per heavy atom. The van der Waals surface area contributed by atoms with Crippen LogP contribution in [0, 0.1) is 0 Å². The van der Waals surface area contributed by atoms with Gasteiger partial charge in [-0.25, -0.2) is 4.79 Å². The van der Waals surface area contributed by atoms with Gasteiger partial charge in [0.05, 0.1) is 24.5 Å². The summed E-state index contributed by atoms with van der Waals surface area (Å²) in [5.41, 5.74) is -0.226. The number of hydrogen-bond acceptors (Lipinski definition) is 12. The predicted molar refractivity (Wildman–Crippen MR) is 139 cm³/mol. The molecule has 0 radical (unpaired) electrons. The molecule has 4 aliphatic rings. The fraction of sp³-hybridized carbons (Fsp3) is 0.571. The Morgan fingerprint density at radius 2 is 2.00 bits per heavy atom. The summed E-state index contributed by atoms with van der Waals surface area (Å²) in [6, 6.07) is 3.61. The van der Waals surface area contributed by atoms with E-state index in [2.05, 4.69) is 10.2 Å². The molecular formula is C28H34N2O11. The summed E-state index contributed by atoms with van der Waals surface area (Å²) in [4.78, 5) is 49.9. The van der Waals surface area contributed by atoms with E-state index in [4.69, 9.17) is 23.7 Å². The molecule has 13 heteroatoms. The van der Waals surface area contributed by atoms with Crippen molar-refractivity contribution in [3.8, 4) is 11.5 Å². The molecule has 1 spiro atoms. The van der Waals surface area contributed by atoms with Gasteiger partial charge < -0.3 is 44.1 Å². The van der Waals surface area contributed by atoms with Gasteiger partial charge in [0, 0.05) is 31.5 Å². The molecule has 1 aromatic carbocycles. The minimum Gasteiger partial charge on any atom is -0.493 e. The summed E-state index contributed by atoms with van der Waals surface area (Å²) < 4.78 is 27.0. The first-order valence-corrected chi connectivity index (χ1v) is 13.5. The Kier molecular flexibility index (Phi) is 7.47. The lowest BCUT2D eigenvalue weighted by atomic mass is 9.50. The summed E-state index contributed by atoms with van der Waals surface area (Å²) in [6.45, 7) is 3.04. The van der Waals surface area contributed by atoms with Crippen LogP contribution < -0.4 is 14.8 Å². The lowest BCUT2D eigenvalue weighted by Crippen LogP contribution is -2.74. The molecule has 2 aliphatic carbocycles. The van der Waals surface area contributed by atoms with Gasteiger partial charge in [-0.3, -0.25) is 14.4 Å². The fourth-order valence-corrected chi connectivity index (χ4v) is 6.72. The number of esters is 3. The molecule has 1 aromatic rings. The number of ether oxygens (including phenoxy) is 5. The largest absolute Gasteiger partial charge is 0.493 e. The van der Waals surface area contributed by atoms with Gasteiger partial charge in [0.15, 0.2) is 23.7 Å². The number of methoxy groups -OCH3 is 1. The van der Waals surface area contributed by atoms with Crippen molar-refractivity contribution in [2.45, 2.75) is 75.1 Å². The van der Waals surface area contributed by atoms with Gasteiger partial charge in [-0.2, -0.15) is 0 Å². The number of carbonyl (C=O) groups excluding carboxylic acids is 4. The molecule has 6 atom stereocenters. The highest BCUT2D eigenvalue weighted by Crippen LogP contribution is 2.65. The number of aliphatic hydroxyl groups excluding tert-OH is 1. The van der Waals surface area contributed by atoms with E-state index in [1.807, 2.05) is 19.2 Å². The van der Waals surface area contributed by atoms with Crippen LogP contribution in [0.15, 0.2) is 24.0 Å². The normalized spacial score (nSPS) is 28.7. The van der Waals surface area contributed by atoms with Gasteiger partial charge in [0.2, 0.25) is 0 Å². The van der Waals surface area contributed by atoms with Crippen molar-refractivity contribution in [2.24, 2.45) is 0 Å². The molecule has 1 saturated heterocycles. The number of hydrogen-bond donors (Lipinski definition) is 3. The molecule has 2 heterocycles. The molecule has 0 unspecified atom stereocenters. The number of nitrogens with one attached hydrogen (secondary N) is 1. The maximum Gasteiger partial charge on any atom is 0.381 e. The molecule has 1 amide bonds. The van der Waals surface area contributed by atoms with E-state index in [9.17, 15) is 29.4 Å². The van der Waals surface area contributed by atoms with Gasteiger partial charge in [0.1, 0.15) is 5.76 Å². The average molecular weight is 575 g/mol. The van der Waals surface area contributed by atoms with Gasteiger partial charge in [-0.15, -0.1) is 0 Å².